The van der Waals surface area contributed by atoms with E-state index >= 15 is 0 Å². The highest BCUT2D eigenvalue weighted by atomic mass is 16.2. The van der Waals surface area contributed by atoms with Gasteiger partial charge >= 0.3 is 0 Å². The summed E-state index contributed by atoms with van der Waals surface area (Å²) in [6.45, 7) is 3.10. The first-order chi connectivity index (χ1) is 14.6. The van der Waals surface area contributed by atoms with Crippen LogP contribution in [-0.4, -0.2) is 54.8 Å². The van der Waals surface area contributed by atoms with Crippen molar-refractivity contribution >= 4 is 17.5 Å². The summed E-state index contributed by atoms with van der Waals surface area (Å²) in [7, 11) is 2.05. The minimum Gasteiger partial charge on any atom is -0.336 e. The molecule has 1 N–H and O–H groups in total. The third kappa shape index (κ3) is 4.42. The molecule has 0 radical (unpaired) electrons. The zero-order valence-electron chi connectivity index (χ0n) is 17.0. The van der Waals surface area contributed by atoms with Crippen molar-refractivity contribution in [1.82, 2.24) is 9.80 Å². The lowest BCUT2D eigenvalue weighted by atomic mass is 10.0. The lowest BCUT2D eigenvalue weighted by Crippen LogP contribution is -2.47. The van der Waals surface area contributed by atoms with E-state index in [0.717, 1.165) is 24.2 Å². The van der Waals surface area contributed by atoms with Crippen LogP contribution in [0.5, 0.6) is 0 Å². The van der Waals surface area contributed by atoms with Crippen molar-refractivity contribution < 1.29 is 9.59 Å². The Morgan fingerprint density at radius 3 is 2.03 bits per heavy atom. The molecular formula is C25H25N3O2. The number of carbonyl (C=O) groups is 2. The number of benzene rings is 3. The van der Waals surface area contributed by atoms with Crippen molar-refractivity contribution in [3.63, 3.8) is 0 Å². The van der Waals surface area contributed by atoms with Crippen LogP contribution in [0.25, 0.3) is 11.1 Å². The number of hydrogen-bond acceptors (Lipinski definition) is 3. The molecule has 30 heavy (non-hydrogen) atoms. The highest BCUT2D eigenvalue weighted by Crippen LogP contribution is 2.22. The molecule has 1 aliphatic heterocycles. The van der Waals surface area contributed by atoms with Gasteiger partial charge in [-0.2, -0.15) is 0 Å². The van der Waals surface area contributed by atoms with E-state index in [-0.39, 0.29) is 11.8 Å². The monoisotopic (exact) mass is 399 g/mol. The minimum absolute atomic E-state index is 0.0431. The number of hydrogen-bond donors (Lipinski definition) is 1. The van der Waals surface area contributed by atoms with E-state index in [9.17, 15) is 9.59 Å². The molecule has 0 unspecified atom stereocenters. The quantitative estimate of drug-likeness (QED) is 0.722. The summed E-state index contributed by atoms with van der Waals surface area (Å²) in [5, 5.41) is 2.92. The van der Waals surface area contributed by atoms with Gasteiger partial charge in [0, 0.05) is 31.7 Å². The fourth-order valence-electron chi connectivity index (χ4n) is 3.60. The summed E-state index contributed by atoms with van der Waals surface area (Å²) in [5.41, 5.74) is 3.77. The van der Waals surface area contributed by atoms with Crippen molar-refractivity contribution in [3.8, 4) is 11.1 Å². The Kier molecular flexibility index (Phi) is 5.91. The molecule has 0 aromatic heterocycles. The van der Waals surface area contributed by atoms with Gasteiger partial charge in [-0.3, -0.25) is 9.59 Å². The van der Waals surface area contributed by atoms with E-state index in [2.05, 4.69) is 17.3 Å². The van der Waals surface area contributed by atoms with Crippen molar-refractivity contribution in [2.45, 2.75) is 0 Å². The third-order valence-corrected chi connectivity index (χ3v) is 5.45. The van der Waals surface area contributed by atoms with Gasteiger partial charge in [-0.15, -0.1) is 0 Å². The number of likely N-dealkylation sites (N-methyl/N-ethyl adjacent to an activating group) is 1. The van der Waals surface area contributed by atoms with Gasteiger partial charge in [-0.05, 0) is 42.4 Å². The average molecular weight is 399 g/mol. The predicted octanol–water partition coefficient (Wildman–Crippen LogP) is 3.99. The van der Waals surface area contributed by atoms with E-state index in [1.54, 1.807) is 12.1 Å². The molecule has 4 rings (SSSR count). The molecule has 0 bridgehead atoms. The summed E-state index contributed by atoms with van der Waals surface area (Å²) >= 11 is 0. The molecular weight excluding hydrogens is 374 g/mol. The number of nitrogens with zero attached hydrogens (tertiary/aromatic N) is 2. The van der Waals surface area contributed by atoms with Gasteiger partial charge in [0.05, 0.1) is 11.3 Å². The largest absolute Gasteiger partial charge is 0.336 e. The van der Waals surface area contributed by atoms with E-state index in [4.69, 9.17) is 0 Å². The second-order valence-electron chi connectivity index (χ2n) is 7.54. The molecule has 2 amide bonds. The van der Waals surface area contributed by atoms with Crippen LogP contribution in [0.2, 0.25) is 0 Å². The van der Waals surface area contributed by atoms with Crippen molar-refractivity contribution in [1.29, 1.82) is 0 Å². The summed E-state index contributed by atoms with van der Waals surface area (Å²) in [5.74, 6) is -0.272. The highest BCUT2D eigenvalue weighted by Gasteiger charge is 2.23. The average Bonchev–Trinajstić information content (AvgIpc) is 2.80. The fourth-order valence-corrected chi connectivity index (χ4v) is 3.60. The number of para-hydroxylation sites is 1. The second-order valence-corrected chi connectivity index (χ2v) is 7.54. The van der Waals surface area contributed by atoms with E-state index in [0.29, 0.717) is 29.9 Å². The van der Waals surface area contributed by atoms with Gasteiger partial charge in [0.25, 0.3) is 11.8 Å². The highest BCUT2D eigenvalue weighted by molar-refractivity contribution is 6.09. The van der Waals surface area contributed by atoms with Crippen LogP contribution in [0.15, 0.2) is 78.9 Å². The SMILES string of the molecule is CN1CCN(C(=O)c2ccccc2NC(=O)c2ccc(-c3ccccc3)cc2)CC1. The summed E-state index contributed by atoms with van der Waals surface area (Å²) in [6.07, 6.45) is 0. The van der Waals surface area contributed by atoms with Crippen LogP contribution in [0, 0.1) is 0 Å². The lowest BCUT2D eigenvalue weighted by molar-refractivity contribution is 0.0665. The first kappa shape index (κ1) is 19.9. The maximum absolute atomic E-state index is 13.0. The molecule has 0 aliphatic carbocycles. The Morgan fingerprint density at radius 1 is 0.733 bits per heavy atom. The molecule has 0 spiro atoms. The number of carbonyl (C=O) groups excluding carboxylic acids is 2. The maximum Gasteiger partial charge on any atom is 0.256 e. The topological polar surface area (TPSA) is 52.6 Å². The van der Waals surface area contributed by atoms with Crippen LogP contribution in [0.3, 0.4) is 0 Å². The Labute approximate surface area is 176 Å². The molecule has 0 atom stereocenters. The number of amides is 2. The van der Waals surface area contributed by atoms with Crippen LogP contribution in [0.1, 0.15) is 20.7 Å². The number of piperazine rings is 1. The first-order valence-electron chi connectivity index (χ1n) is 10.2. The Hall–Kier alpha value is -3.44. The molecule has 1 saturated heterocycles. The van der Waals surface area contributed by atoms with Crippen molar-refractivity contribution in [3.05, 3.63) is 90.0 Å². The van der Waals surface area contributed by atoms with Gasteiger partial charge in [0.2, 0.25) is 0 Å². The molecule has 5 nitrogen and oxygen atoms in total. The van der Waals surface area contributed by atoms with E-state index in [1.807, 2.05) is 71.6 Å². The maximum atomic E-state index is 13.0. The number of nitrogens with one attached hydrogen (secondary N) is 1. The van der Waals surface area contributed by atoms with E-state index < -0.39 is 0 Å². The van der Waals surface area contributed by atoms with Crippen LogP contribution in [0.4, 0.5) is 5.69 Å². The van der Waals surface area contributed by atoms with Gasteiger partial charge in [0.15, 0.2) is 0 Å². The smallest absolute Gasteiger partial charge is 0.256 e. The van der Waals surface area contributed by atoms with E-state index in [1.165, 1.54) is 0 Å². The first-order valence-corrected chi connectivity index (χ1v) is 10.2. The zero-order valence-corrected chi connectivity index (χ0v) is 17.0. The standard InChI is InChI=1S/C25H25N3O2/c1-27-15-17-28(18-16-27)25(30)22-9-5-6-10-23(22)26-24(29)21-13-11-20(12-14-21)19-7-3-2-4-8-19/h2-14H,15-18H2,1H3,(H,26,29). The molecule has 1 heterocycles. The van der Waals surface area contributed by atoms with Crippen molar-refractivity contribution in [2.24, 2.45) is 0 Å². The molecule has 3 aromatic rings. The summed E-state index contributed by atoms with van der Waals surface area (Å²) in [6, 6.07) is 24.7. The molecule has 5 heteroatoms. The van der Waals surface area contributed by atoms with Gasteiger partial charge in [0.1, 0.15) is 0 Å². The Morgan fingerprint density at radius 2 is 1.33 bits per heavy atom. The normalized spacial score (nSPS) is 14.4. The molecule has 3 aromatic carbocycles. The summed E-state index contributed by atoms with van der Waals surface area (Å²) < 4.78 is 0. The molecule has 152 valence electrons. The van der Waals surface area contributed by atoms with Crippen LogP contribution in [-0.2, 0) is 0 Å². The van der Waals surface area contributed by atoms with Gasteiger partial charge < -0.3 is 15.1 Å². The molecule has 0 saturated carbocycles. The number of rotatable bonds is 4. The Bertz CT molecular complexity index is 1020. The molecule has 1 fully saturated rings. The van der Waals surface area contributed by atoms with Gasteiger partial charge in [-0.25, -0.2) is 0 Å². The van der Waals surface area contributed by atoms with Crippen LogP contribution >= 0.6 is 0 Å². The van der Waals surface area contributed by atoms with Crippen LogP contribution < -0.4 is 5.32 Å². The summed E-state index contributed by atoms with van der Waals surface area (Å²) in [4.78, 5) is 29.9. The predicted molar refractivity (Wildman–Crippen MR) is 120 cm³/mol. The number of anilines is 1. The third-order valence-electron chi connectivity index (χ3n) is 5.45. The van der Waals surface area contributed by atoms with Gasteiger partial charge in [-0.1, -0.05) is 54.6 Å². The minimum atomic E-state index is -0.228. The van der Waals surface area contributed by atoms with Crippen molar-refractivity contribution in [2.75, 3.05) is 38.5 Å². The second kappa shape index (κ2) is 8.93. The lowest BCUT2D eigenvalue weighted by Gasteiger charge is -2.32. The fraction of sp³-hybridized carbons (Fsp3) is 0.200. The Balaban J connectivity index is 1.49. The molecule has 1 aliphatic rings. The zero-order chi connectivity index (χ0) is 20.9.